The molecule has 0 aliphatic heterocycles. The molecule has 4 aromatic rings. The maximum Gasteiger partial charge on any atom is 0.108 e. The quantitative estimate of drug-likeness (QED) is 0.465. The Hall–Kier alpha value is -3.35. The molecule has 2 aromatic carbocycles. The predicted octanol–water partition coefficient (Wildman–Crippen LogP) is 5.64. The van der Waals surface area contributed by atoms with Crippen molar-refractivity contribution in [2.45, 2.75) is 0 Å². The Morgan fingerprint density at radius 1 is 0.962 bits per heavy atom. The lowest BCUT2D eigenvalue weighted by molar-refractivity contribution is 1.08. The lowest BCUT2D eigenvalue weighted by Gasteiger charge is -2.06. The topological polar surface area (TPSA) is 28.7 Å². The van der Waals surface area contributed by atoms with Gasteiger partial charge in [0.05, 0.1) is 5.69 Å². The van der Waals surface area contributed by atoms with Gasteiger partial charge in [-0.05, 0) is 41.3 Å². The van der Waals surface area contributed by atoms with Crippen LogP contribution in [-0.4, -0.2) is 10.2 Å². The van der Waals surface area contributed by atoms with Gasteiger partial charge in [0, 0.05) is 26.6 Å². The number of hydrogen-bond acceptors (Lipinski definition) is 2. The molecule has 0 amide bonds. The molecule has 0 saturated carbocycles. The number of nitrogens with one attached hydrogen (secondary N) is 1. The Labute approximate surface area is 155 Å². The molecule has 0 spiro atoms. The lowest BCUT2D eigenvalue weighted by atomic mass is 9.98. The summed E-state index contributed by atoms with van der Waals surface area (Å²) in [6.07, 6.45) is 6.28. The molecule has 2 aromatic heterocycles. The van der Waals surface area contributed by atoms with Crippen LogP contribution in [0.5, 0.6) is 0 Å². The van der Waals surface area contributed by atoms with Gasteiger partial charge in [-0.2, -0.15) is 5.10 Å². The van der Waals surface area contributed by atoms with E-state index in [9.17, 15) is 0 Å². The number of hydrogen-bond donors (Lipinski definition) is 1. The van der Waals surface area contributed by atoms with Gasteiger partial charge in [-0.25, -0.2) is 0 Å². The number of thiophene rings is 1. The maximum atomic E-state index is 4.44. The van der Waals surface area contributed by atoms with Crippen molar-refractivity contribution in [3.05, 3.63) is 95.0 Å². The molecule has 1 N–H and O–H groups in total. The van der Waals surface area contributed by atoms with Gasteiger partial charge in [0.25, 0.3) is 0 Å². The fourth-order valence-corrected chi connectivity index (χ4v) is 3.92. The minimum Gasteiger partial charge on any atom is -0.269 e. The third-order valence-corrected chi connectivity index (χ3v) is 5.41. The van der Waals surface area contributed by atoms with Crippen molar-refractivity contribution in [2.75, 3.05) is 0 Å². The van der Waals surface area contributed by atoms with Crippen molar-refractivity contribution in [1.29, 1.82) is 0 Å². The number of fused-ring (bicyclic) bond motifs is 1. The molecule has 2 heterocycles. The molecule has 0 atom stereocenters. The maximum absolute atomic E-state index is 4.44. The van der Waals surface area contributed by atoms with E-state index < -0.39 is 0 Å². The molecule has 0 saturated heterocycles. The summed E-state index contributed by atoms with van der Waals surface area (Å²) < 4.78 is 1.27. The number of aromatic nitrogens is 2. The molecule has 1 aliphatic rings. The molecule has 1 aliphatic carbocycles. The van der Waals surface area contributed by atoms with Gasteiger partial charge < -0.3 is 0 Å². The number of nitrogens with zero attached hydrogens (tertiary/aromatic N) is 1. The summed E-state index contributed by atoms with van der Waals surface area (Å²) in [5.74, 6) is 6.38. The van der Waals surface area contributed by atoms with Crippen molar-refractivity contribution in [1.82, 2.24) is 10.2 Å². The molecular formula is C23H14N2S. The predicted molar refractivity (Wildman–Crippen MR) is 109 cm³/mol. The average molecular weight is 350 g/mol. The van der Waals surface area contributed by atoms with Crippen LogP contribution in [0.4, 0.5) is 0 Å². The van der Waals surface area contributed by atoms with E-state index in [1.165, 1.54) is 21.2 Å². The van der Waals surface area contributed by atoms with Crippen molar-refractivity contribution >= 4 is 27.0 Å². The summed E-state index contributed by atoms with van der Waals surface area (Å²) in [6.45, 7) is 0. The van der Waals surface area contributed by atoms with Crippen LogP contribution < -0.4 is 0 Å². The Morgan fingerprint density at radius 2 is 1.81 bits per heavy atom. The van der Waals surface area contributed by atoms with Gasteiger partial charge in [-0.3, -0.25) is 5.10 Å². The highest BCUT2D eigenvalue weighted by molar-refractivity contribution is 7.17. The molecule has 3 heteroatoms. The molecule has 0 unspecified atom stereocenters. The first kappa shape index (κ1) is 14.9. The van der Waals surface area contributed by atoms with E-state index in [0.29, 0.717) is 0 Å². The van der Waals surface area contributed by atoms with E-state index in [1.807, 2.05) is 6.07 Å². The summed E-state index contributed by atoms with van der Waals surface area (Å²) in [4.78, 5) is 0. The first-order valence-electron chi connectivity index (χ1n) is 8.40. The van der Waals surface area contributed by atoms with Crippen molar-refractivity contribution < 1.29 is 0 Å². The highest BCUT2D eigenvalue weighted by Gasteiger charge is 2.09. The second-order valence-electron chi connectivity index (χ2n) is 6.12. The van der Waals surface area contributed by atoms with E-state index in [1.54, 1.807) is 11.3 Å². The Balaban J connectivity index is 1.40. The zero-order valence-corrected chi connectivity index (χ0v) is 14.7. The summed E-state index contributed by atoms with van der Waals surface area (Å²) in [5.41, 5.74) is 6.41. The van der Waals surface area contributed by atoms with Crippen LogP contribution in [0, 0.1) is 11.8 Å². The number of H-pyrrole nitrogens is 1. The molecule has 2 nitrogen and oxygen atoms in total. The molecule has 0 bridgehead atoms. The zero-order valence-electron chi connectivity index (χ0n) is 13.9. The van der Waals surface area contributed by atoms with Gasteiger partial charge in [-0.15, -0.1) is 11.3 Å². The molecule has 0 fully saturated rings. The first-order valence-corrected chi connectivity index (χ1v) is 9.28. The van der Waals surface area contributed by atoms with E-state index in [-0.39, 0.29) is 0 Å². The smallest absolute Gasteiger partial charge is 0.108 e. The summed E-state index contributed by atoms with van der Waals surface area (Å²) in [5, 5.41) is 10.9. The second kappa shape index (κ2) is 6.18. The Kier molecular flexibility index (Phi) is 3.55. The lowest BCUT2D eigenvalue weighted by Crippen LogP contribution is -1.86. The molecule has 26 heavy (non-hydrogen) atoms. The van der Waals surface area contributed by atoms with Crippen molar-refractivity contribution in [3.63, 3.8) is 0 Å². The summed E-state index contributed by atoms with van der Waals surface area (Å²) in [7, 11) is 0. The monoisotopic (exact) mass is 350 g/mol. The van der Waals surface area contributed by atoms with Crippen molar-refractivity contribution in [3.8, 4) is 23.1 Å². The van der Waals surface area contributed by atoms with Gasteiger partial charge in [0.2, 0.25) is 0 Å². The second-order valence-corrected chi connectivity index (χ2v) is 7.03. The van der Waals surface area contributed by atoms with Crippen LogP contribution in [0.15, 0.2) is 78.2 Å². The van der Waals surface area contributed by atoms with Gasteiger partial charge in [0.15, 0.2) is 0 Å². The fourth-order valence-electron chi connectivity index (χ4n) is 2.97. The molecule has 5 rings (SSSR count). The average Bonchev–Trinajstić information content (AvgIpc) is 3.26. The van der Waals surface area contributed by atoms with E-state index in [2.05, 4.69) is 94.2 Å². The van der Waals surface area contributed by atoms with Crippen LogP contribution in [0.2, 0.25) is 0 Å². The largest absolute Gasteiger partial charge is 0.269 e. The van der Waals surface area contributed by atoms with E-state index in [0.717, 1.165) is 22.5 Å². The SMILES string of the molecule is C(#Cc1cc(-c2csc3ccccc23)n[nH]1)c1ccc(C2=CC=C2)cc1. The van der Waals surface area contributed by atoms with Crippen LogP contribution in [0.3, 0.4) is 0 Å². The molecule has 0 radical (unpaired) electrons. The summed E-state index contributed by atoms with van der Waals surface area (Å²) >= 11 is 1.74. The fraction of sp³-hybridized carbons (Fsp3) is 0. The van der Waals surface area contributed by atoms with Crippen LogP contribution in [-0.2, 0) is 0 Å². The third kappa shape index (κ3) is 2.67. The van der Waals surface area contributed by atoms with Gasteiger partial charge in [0.1, 0.15) is 5.69 Å². The van der Waals surface area contributed by atoms with Gasteiger partial charge in [-0.1, -0.05) is 54.5 Å². The molecule has 122 valence electrons. The van der Waals surface area contributed by atoms with E-state index >= 15 is 0 Å². The minimum absolute atomic E-state index is 0.823. The standard InChI is InChI=1S/C23H14N2S/c1-2-7-23-20(6-1)21(15-26-23)22-14-19(24-25-22)13-10-16-8-11-18(12-9-16)17-4-3-5-17/h1-9,11-12,14-15H,(H,24,25). The minimum atomic E-state index is 0.823. The number of aromatic amines is 1. The highest BCUT2D eigenvalue weighted by Crippen LogP contribution is 2.32. The first-order chi connectivity index (χ1) is 12.9. The normalized spacial score (nSPS) is 12.4. The van der Waals surface area contributed by atoms with Crippen LogP contribution in [0.1, 0.15) is 16.8 Å². The summed E-state index contributed by atoms with van der Waals surface area (Å²) in [6, 6.07) is 18.7. The highest BCUT2D eigenvalue weighted by atomic mass is 32.1. The van der Waals surface area contributed by atoms with Crippen LogP contribution >= 0.6 is 11.3 Å². The van der Waals surface area contributed by atoms with Crippen molar-refractivity contribution in [2.24, 2.45) is 0 Å². The zero-order chi connectivity index (χ0) is 17.3. The van der Waals surface area contributed by atoms with Crippen LogP contribution in [0.25, 0.3) is 26.9 Å². The van der Waals surface area contributed by atoms with E-state index in [4.69, 9.17) is 0 Å². The number of rotatable bonds is 2. The number of allylic oxidation sites excluding steroid dienone is 4. The number of benzene rings is 2. The Bertz CT molecular complexity index is 1220. The van der Waals surface area contributed by atoms with Gasteiger partial charge >= 0.3 is 0 Å². The third-order valence-electron chi connectivity index (χ3n) is 4.45. The molecular weight excluding hydrogens is 336 g/mol. The Morgan fingerprint density at radius 3 is 2.62 bits per heavy atom.